The van der Waals surface area contributed by atoms with Crippen LogP contribution in [0.4, 0.5) is 10.2 Å². The number of hydrogen-bond donors (Lipinski definition) is 3. The van der Waals surface area contributed by atoms with Gasteiger partial charge in [-0.3, -0.25) is 9.89 Å². The summed E-state index contributed by atoms with van der Waals surface area (Å²) in [4.78, 5) is 16.9. The minimum atomic E-state index is -0.412. The highest BCUT2D eigenvalue weighted by Gasteiger charge is 2.12. The van der Waals surface area contributed by atoms with E-state index in [9.17, 15) is 9.18 Å². The van der Waals surface area contributed by atoms with Gasteiger partial charge in [-0.05, 0) is 55.8 Å². The second-order valence-electron chi connectivity index (χ2n) is 6.75. The minimum Gasteiger partial charge on any atom is -0.497 e. The Labute approximate surface area is 174 Å². The summed E-state index contributed by atoms with van der Waals surface area (Å²) < 4.78 is 18.3. The first kappa shape index (κ1) is 21.0. The summed E-state index contributed by atoms with van der Waals surface area (Å²) >= 11 is 0. The van der Waals surface area contributed by atoms with E-state index in [1.54, 1.807) is 49.6 Å². The lowest BCUT2D eigenvalue weighted by Crippen LogP contribution is -2.38. The van der Waals surface area contributed by atoms with Gasteiger partial charge in [0.15, 0.2) is 0 Å². The van der Waals surface area contributed by atoms with Crippen LogP contribution in [-0.2, 0) is 0 Å². The fourth-order valence-electron chi connectivity index (χ4n) is 2.64. The number of ether oxygens (including phenoxy) is 1. The summed E-state index contributed by atoms with van der Waals surface area (Å²) in [5.41, 5.74) is 1.82. The number of aromatic amines is 1. The van der Waals surface area contributed by atoms with Crippen LogP contribution in [0.3, 0.4) is 0 Å². The van der Waals surface area contributed by atoms with Crippen LogP contribution in [-0.4, -0.2) is 35.2 Å². The van der Waals surface area contributed by atoms with Crippen LogP contribution in [0, 0.1) is 5.82 Å². The molecule has 0 bridgehead atoms. The molecule has 0 aliphatic heterocycles. The van der Waals surface area contributed by atoms with Gasteiger partial charge in [-0.1, -0.05) is 13.0 Å². The lowest BCUT2D eigenvalue weighted by Gasteiger charge is -2.15. The number of benzene rings is 2. The lowest BCUT2D eigenvalue weighted by atomic mass is 10.1. The topological polar surface area (TPSA) is 91.4 Å². The number of nitrogens with zero attached hydrogens (tertiary/aromatic N) is 2. The van der Waals surface area contributed by atoms with Crippen LogP contribution in [0.15, 0.2) is 59.6 Å². The maximum absolute atomic E-state index is 13.1. The van der Waals surface area contributed by atoms with Gasteiger partial charge >= 0.3 is 0 Å². The molecule has 1 aromatic heterocycles. The van der Waals surface area contributed by atoms with E-state index in [-0.39, 0.29) is 11.9 Å². The molecular formula is C22H24FN5O2. The maximum Gasteiger partial charge on any atom is 0.280 e. The summed E-state index contributed by atoms with van der Waals surface area (Å²) in [6, 6.07) is 14.7. The zero-order chi connectivity index (χ0) is 21.5. The van der Waals surface area contributed by atoms with Gasteiger partial charge in [-0.2, -0.15) is 10.1 Å². The number of H-pyrrole nitrogens is 1. The quantitative estimate of drug-likeness (QED) is 0.419. The Morgan fingerprint density at radius 1 is 1.23 bits per heavy atom. The highest BCUT2D eigenvalue weighted by Crippen LogP contribution is 2.20. The predicted octanol–water partition coefficient (Wildman–Crippen LogP) is 4.22. The number of hydrogen-bond acceptors (Lipinski definition) is 3. The van der Waals surface area contributed by atoms with E-state index < -0.39 is 5.91 Å². The van der Waals surface area contributed by atoms with Crippen molar-refractivity contribution in [2.45, 2.75) is 26.3 Å². The number of guanidine groups is 1. The first-order valence-corrected chi connectivity index (χ1v) is 9.60. The van der Waals surface area contributed by atoms with E-state index >= 15 is 0 Å². The molecule has 30 heavy (non-hydrogen) atoms. The van der Waals surface area contributed by atoms with Crippen LogP contribution in [0.1, 0.15) is 30.6 Å². The normalized spacial score (nSPS) is 12.3. The van der Waals surface area contributed by atoms with Crippen LogP contribution in [0.2, 0.25) is 0 Å². The van der Waals surface area contributed by atoms with Crippen molar-refractivity contribution in [3.63, 3.8) is 0 Å². The molecule has 3 N–H and O–H groups in total. The first-order valence-electron chi connectivity index (χ1n) is 9.60. The summed E-state index contributed by atoms with van der Waals surface area (Å²) in [7, 11) is 1.54. The number of aliphatic imine (C=N–C) groups is 1. The van der Waals surface area contributed by atoms with Crippen LogP contribution in [0.5, 0.6) is 5.75 Å². The number of carbonyl (C=O) groups is 1. The van der Waals surface area contributed by atoms with Gasteiger partial charge in [0.2, 0.25) is 5.96 Å². The van der Waals surface area contributed by atoms with E-state index in [1.165, 1.54) is 12.1 Å². The fraction of sp³-hybridized carbons (Fsp3) is 0.227. The van der Waals surface area contributed by atoms with Gasteiger partial charge in [-0.15, -0.1) is 0 Å². The standard InChI is InChI=1S/C22H24FN5O2/c1-4-14(2)24-22(26-21(29)16-6-5-7-18(12-16)30-3)25-20-13-19(27-28-20)15-8-10-17(23)11-9-15/h5-14H,4H2,1-3H3,(H3,24,25,26,27,28,29). The van der Waals surface area contributed by atoms with E-state index in [2.05, 4.69) is 25.8 Å². The third-order valence-electron chi connectivity index (χ3n) is 4.50. The smallest absolute Gasteiger partial charge is 0.280 e. The van der Waals surface area contributed by atoms with E-state index in [1.807, 2.05) is 13.8 Å². The summed E-state index contributed by atoms with van der Waals surface area (Å²) in [5.74, 6) is 0.702. The molecular weight excluding hydrogens is 385 g/mol. The van der Waals surface area contributed by atoms with Crippen LogP contribution >= 0.6 is 0 Å². The third-order valence-corrected chi connectivity index (χ3v) is 4.50. The van der Waals surface area contributed by atoms with Crippen LogP contribution in [0.25, 0.3) is 11.3 Å². The monoisotopic (exact) mass is 409 g/mol. The largest absolute Gasteiger partial charge is 0.497 e. The molecule has 0 fully saturated rings. The molecule has 156 valence electrons. The minimum absolute atomic E-state index is 0.0915. The Balaban J connectivity index is 1.82. The number of aromatic nitrogens is 2. The van der Waals surface area contributed by atoms with Crippen molar-refractivity contribution in [1.82, 2.24) is 15.5 Å². The molecule has 0 saturated heterocycles. The first-order chi connectivity index (χ1) is 14.5. The Kier molecular flexibility index (Phi) is 6.79. The van der Waals surface area contributed by atoms with Crippen LogP contribution < -0.4 is 15.4 Å². The van der Waals surface area contributed by atoms with Crippen molar-refractivity contribution in [2.24, 2.45) is 4.99 Å². The Morgan fingerprint density at radius 3 is 2.70 bits per heavy atom. The zero-order valence-corrected chi connectivity index (χ0v) is 17.1. The molecule has 3 rings (SSSR count). The molecule has 0 aliphatic rings. The van der Waals surface area contributed by atoms with Crippen molar-refractivity contribution in [1.29, 1.82) is 0 Å². The predicted molar refractivity (Wildman–Crippen MR) is 115 cm³/mol. The molecule has 8 heteroatoms. The van der Waals surface area contributed by atoms with Crippen molar-refractivity contribution >= 4 is 17.7 Å². The van der Waals surface area contributed by atoms with Crippen molar-refractivity contribution in [3.05, 3.63) is 66.0 Å². The zero-order valence-electron chi connectivity index (χ0n) is 17.1. The molecule has 0 saturated carbocycles. The van der Waals surface area contributed by atoms with Crippen molar-refractivity contribution in [3.8, 4) is 17.0 Å². The SMILES string of the molecule is CCC(C)N/C(=N/C(=O)c1cccc(OC)c1)Nc1cc(-c2ccc(F)cc2)n[nH]1. The average Bonchev–Trinajstić information content (AvgIpc) is 3.22. The second kappa shape index (κ2) is 9.69. The van der Waals surface area contributed by atoms with Gasteiger partial charge in [0, 0.05) is 23.2 Å². The highest BCUT2D eigenvalue weighted by molar-refractivity contribution is 6.06. The number of methoxy groups -OCH3 is 1. The molecule has 0 aliphatic carbocycles. The van der Waals surface area contributed by atoms with E-state index in [0.29, 0.717) is 28.8 Å². The summed E-state index contributed by atoms with van der Waals surface area (Å²) in [6.45, 7) is 4.02. The molecule has 0 spiro atoms. The summed E-state index contributed by atoms with van der Waals surface area (Å²) in [6.07, 6.45) is 0.845. The van der Waals surface area contributed by atoms with E-state index in [4.69, 9.17) is 4.74 Å². The lowest BCUT2D eigenvalue weighted by molar-refractivity contribution is 0.100. The number of amides is 1. The maximum atomic E-state index is 13.1. The molecule has 7 nitrogen and oxygen atoms in total. The average molecular weight is 409 g/mol. The fourth-order valence-corrected chi connectivity index (χ4v) is 2.64. The molecule has 3 aromatic rings. The molecule has 0 radical (unpaired) electrons. The van der Waals surface area contributed by atoms with Crippen molar-refractivity contribution in [2.75, 3.05) is 12.4 Å². The molecule has 1 unspecified atom stereocenters. The van der Waals surface area contributed by atoms with Gasteiger partial charge in [0.1, 0.15) is 17.4 Å². The van der Waals surface area contributed by atoms with Gasteiger partial charge < -0.3 is 15.4 Å². The number of nitrogens with one attached hydrogen (secondary N) is 3. The second-order valence-corrected chi connectivity index (χ2v) is 6.75. The van der Waals surface area contributed by atoms with Gasteiger partial charge in [0.05, 0.1) is 12.8 Å². The van der Waals surface area contributed by atoms with E-state index in [0.717, 1.165) is 12.0 Å². The molecule has 1 amide bonds. The molecule has 1 heterocycles. The number of anilines is 1. The molecule has 2 aromatic carbocycles. The van der Waals surface area contributed by atoms with Crippen molar-refractivity contribution < 1.29 is 13.9 Å². The van der Waals surface area contributed by atoms with Gasteiger partial charge in [0.25, 0.3) is 5.91 Å². The Bertz CT molecular complexity index is 1030. The van der Waals surface area contributed by atoms with Gasteiger partial charge in [-0.25, -0.2) is 4.39 Å². The summed E-state index contributed by atoms with van der Waals surface area (Å²) in [5, 5.41) is 13.4. The third kappa shape index (κ3) is 5.44. The number of carbonyl (C=O) groups excluding carboxylic acids is 1. The number of rotatable bonds is 6. The number of halogens is 1. The highest BCUT2D eigenvalue weighted by atomic mass is 19.1. The Hall–Kier alpha value is -3.68. The Morgan fingerprint density at radius 2 is 2.00 bits per heavy atom. The molecule has 1 atom stereocenters.